The number of rotatable bonds is 33. The van der Waals surface area contributed by atoms with Crippen molar-refractivity contribution in [1.29, 1.82) is 0 Å². The molecule has 20 N–H and O–H groups in total. The number of allylic oxidation sites excluding steroid dienone is 2. The fourth-order valence-electron chi connectivity index (χ4n) is 23.4. The van der Waals surface area contributed by atoms with Crippen molar-refractivity contribution >= 4 is 36.1 Å². The number of hydrogen-bond donors (Lipinski definition) is 20. The molecule has 43 heteroatoms. The minimum Gasteiger partial charge on any atom is -0.479 e. The molecule has 43 nitrogen and oxygen atoms in total. The van der Waals surface area contributed by atoms with E-state index in [1.165, 1.54) is 20.8 Å². The van der Waals surface area contributed by atoms with E-state index in [-0.39, 0.29) is 43.9 Å². The second kappa shape index (κ2) is 42.7. The van der Waals surface area contributed by atoms with Gasteiger partial charge in [-0.2, -0.15) is 0 Å². The Balaban J connectivity index is 0.807. The molecule has 49 atom stereocenters. The van der Waals surface area contributed by atoms with Gasteiger partial charge in [-0.25, -0.2) is 4.79 Å². The largest absolute Gasteiger partial charge is 0.479 e. The van der Waals surface area contributed by atoms with Crippen LogP contribution in [0.2, 0.25) is 0 Å². The molecular weight excluding hydrogens is 1770 g/mol. The molecular formula is C90H144O43. The molecule has 762 valence electrons. The number of aliphatic carboxylic acids is 1. The molecule has 0 aromatic rings. The van der Waals surface area contributed by atoms with Crippen LogP contribution in [0.4, 0.5) is 0 Å². The monoisotopic (exact) mass is 1910 g/mol. The zero-order valence-corrected chi connectivity index (χ0v) is 77.6. The van der Waals surface area contributed by atoms with Gasteiger partial charge in [0.25, 0.3) is 0 Å². The number of esters is 4. The third kappa shape index (κ3) is 21.1. The lowest BCUT2D eigenvalue weighted by Crippen LogP contribution is -2.69. The number of aliphatic hydroxyl groups excluding tert-OH is 19. The highest BCUT2D eigenvalue weighted by molar-refractivity contribution is 5.80. The number of aldehydes is 1. The first kappa shape index (κ1) is 107. The van der Waals surface area contributed by atoms with Crippen molar-refractivity contribution in [2.45, 2.75) is 433 Å². The third-order valence-corrected chi connectivity index (χ3v) is 32.1. The number of carbonyl (C=O) groups excluding carboxylic acids is 5. The summed E-state index contributed by atoms with van der Waals surface area (Å²) in [5, 5.41) is 222. The van der Waals surface area contributed by atoms with Crippen LogP contribution in [0.25, 0.3) is 0 Å². The molecule has 7 aliphatic heterocycles. The molecule has 5 aliphatic carbocycles. The van der Waals surface area contributed by atoms with Crippen LogP contribution in [0.5, 0.6) is 0 Å². The summed E-state index contributed by atoms with van der Waals surface area (Å²) in [7, 11) is 0. The summed E-state index contributed by atoms with van der Waals surface area (Å²) in [5.74, 6) is -8.24. The van der Waals surface area contributed by atoms with Crippen LogP contribution in [-0.2, 0) is 109 Å². The van der Waals surface area contributed by atoms with Gasteiger partial charge in [-0.1, -0.05) is 93.7 Å². The molecule has 7 saturated heterocycles. The van der Waals surface area contributed by atoms with Crippen molar-refractivity contribution < 1.29 is 211 Å². The lowest BCUT2D eigenvalue weighted by Gasteiger charge is -2.71. The average molecular weight is 1910 g/mol. The molecule has 0 aromatic carbocycles. The predicted molar refractivity (Wildman–Crippen MR) is 445 cm³/mol. The van der Waals surface area contributed by atoms with Crippen molar-refractivity contribution in [2.24, 2.45) is 62.1 Å². The van der Waals surface area contributed by atoms with E-state index in [0.29, 0.717) is 51.4 Å². The zero-order chi connectivity index (χ0) is 98.0. The van der Waals surface area contributed by atoms with Crippen molar-refractivity contribution in [3.63, 3.8) is 0 Å². The molecule has 0 aromatic heterocycles. The van der Waals surface area contributed by atoms with E-state index < -0.39 is 352 Å². The Labute approximate surface area is 770 Å². The van der Waals surface area contributed by atoms with Crippen LogP contribution >= 0.6 is 0 Å². The predicted octanol–water partition coefficient (Wildman–Crippen LogP) is -3.19. The number of fused-ring (bicyclic) bond motifs is 7. The average Bonchev–Trinajstić information content (AvgIpc) is 1.04. The van der Waals surface area contributed by atoms with Crippen molar-refractivity contribution in [2.75, 3.05) is 19.8 Å². The fraction of sp³-hybridized carbons (Fsp3) is 0.911. The Kier molecular flexibility index (Phi) is 34.5. The number of aliphatic hydroxyl groups is 19. The SMILES string of the molecule is CC[C@H](C)[C@H](C[C@H](O)CC(=O)O[C@@H]1[C@H](OC(C)=O)[C@@H](O[C@@H]2O[C@@H](C)[C@H](O[C@@H]3OC[C@@H](O)[C@H](O)[C@H]3O)[C@@H](O)[C@H]2O)[C@H](OC(=O)[C@]23CCC(C)(C)C[C@H]2C2=CC[C@@H]4[C@@]5(C)CC[C@H](O[C@@H]6O[C@H](C(=O)O)[C@@H](O)[C@H](O[C@H]7O[C@@H](C)[C@H](O)[C@@H](O)[C@H]7O)[C@H]6O[C@@H]6O[C@H](CO)[C@H](O)[C@H](O)[C@H]6O)[C@@](C)(C=O)[C@@H]5CC[C@@]4(C)[C@]2(C)C[C@H]3O)O[C@@H]1C)OC(=O)C[C@@H](O)C[C@H](O[C@@H]1O[C@@H](CO)[C@H](O)[C@H]1O)[C@@H](C)CC. The Bertz CT molecular complexity index is 3960. The Morgan fingerprint density at radius 2 is 1.03 bits per heavy atom. The highest BCUT2D eigenvalue weighted by Gasteiger charge is 2.74. The van der Waals surface area contributed by atoms with Gasteiger partial charge in [0.05, 0.1) is 86.9 Å². The fourth-order valence-corrected chi connectivity index (χ4v) is 23.4. The molecule has 0 spiro atoms. The Morgan fingerprint density at radius 3 is 1.64 bits per heavy atom. The van der Waals surface area contributed by atoms with Gasteiger partial charge in [0.15, 0.2) is 62.2 Å². The first-order chi connectivity index (χ1) is 62.3. The van der Waals surface area contributed by atoms with Gasteiger partial charge in [-0.15, -0.1) is 0 Å². The Morgan fingerprint density at radius 1 is 0.504 bits per heavy atom. The molecule has 12 rings (SSSR count). The second-order valence-corrected chi connectivity index (χ2v) is 41.1. The quantitative estimate of drug-likeness (QED) is 0.0101. The maximum atomic E-state index is 16.5. The van der Waals surface area contributed by atoms with Gasteiger partial charge in [0.1, 0.15) is 134 Å². The maximum absolute atomic E-state index is 16.5. The van der Waals surface area contributed by atoms with Crippen LogP contribution in [-0.4, -0.2) is 397 Å². The van der Waals surface area contributed by atoms with Crippen molar-refractivity contribution in [3.05, 3.63) is 11.6 Å². The van der Waals surface area contributed by atoms with Gasteiger partial charge >= 0.3 is 29.8 Å². The third-order valence-electron chi connectivity index (χ3n) is 32.1. The van der Waals surface area contributed by atoms with E-state index in [1.54, 1.807) is 20.8 Å². The number of hydrogen-bond acceptors (Lipinski definition) is 42. The van der Waals surface area contributed by atoms with E-state index >= 15 is 4.79 Å². The van der Waals surface area contributed by atoms with Crippen molar-refractivity contribution in [1.82, 2.24) is 0 Å². The van der Waals surface area contributed by atoms with Crippen molar-refractivity contribution in [3.8, 4) is 0 Å². The molecule has 0 unspecified atom stereocenters. The molecule has 0 bridgehead atoms. The van der Waals surface area contributed by atoms with E-state index in [2.05, 4.69) is 26.8 Å². The molecule has 4 saturated carbocycles. The van der Waals surface area contributed by atoms with Crippen LogP contribution in [0.3, 0.4) is 0 Å². The van der Waals surface area contributed by atoms with Gasteiger partial charge in [-0.05, 0) is 130 Å². The summed E-state index contributed by atoms with van der Waals surface area (Å²) in [5.41, 5.74) is -5.51. The number of carboxylic acids is 1. The van der Waals surface area contributed by atoms with Gasteiger partial charge < -0.3 is 187 Å². The summed E-state index contributed by atoms with van der Waals surface area (Å²) in [6.07, 6.45) is -63.3. The highest BCUT2D eigenvalue weighted by Crippen LogP contribution is 2.76. The minimum absolute atomic E-state index is 0.0175. The number of carbonyl (C=O) groups is 6. The van der Waals surface area contributed by atoms with E-state index in [1.807, 2.05) is 27.7 Å². The summed E-state index contributed by atoms with van der Waals surface area (Å²) in [6, 6.07) is 0. The van der Waals surface area contributed by atoms with Gasteiger partial charge in [0, 0.05) is 19.8 Å². The first-order valence-electron chi connectivity index (χ1n) is 46.8. The second-order valence-electron chi connectivity index (χ2n) is 41.1. The van der Waals surface area contributed by atoms with Gasteiger partial charge in [-0.3, -0.25) is 19.2 Å². The smallest absolute Gasteiger partial charge is 0.335 e. The lowest BCUT2D eigenvalue weighted by atomic mass is 9.33. The molecule has 0 amide bonds. The lowest BCUT2D eigenvalue weighted by molar-refractivity contribution is -0.394. The summed E-state index contributed by atoms with van der Waals surface area (Å²) < 4.78 is 104. The summed E-state index contributed by atoms with van der Waals surface area (Å²) in [4.78, 5) is 86.1. The standard InChI is InChI=1S/C90H144O43/c1-15-35(3)46(122-54(99)27-42(96)26-47(36(4)16-2)123-80-64(109)59(104)49(32-92)124-80)25-41(95)28-55(100)127-70-39(7)120-82(75(73(70)121-40(8)94)132-79-67(112)62(107)69(38(6)119-79)128-77-63(108)57(102)45(97)33-117-77)133-84(116)90-24-23-85(9,10)29-44(90)43-17-18-51-86(11)21-20-53(87(12,34-93)50(86)19-22-88(51,13)89(43,14)30-52(90)98)126-83-74(131-81-66(111)61(106)58(103)48(31-91)125-81)71(68(113)72(130-83)76(114)115)129-78-65(110)60(105)56(101)37(5)118-78/h17,34-39,41-42,44-53,56-75,77-83,91-92,95-98,101-113H,15-16,18-33H2,1-14H3,(H,114,115)/t35-,36-,37-,38-,39+,41-,42-,44-,45+,46-,47-,48+,49-,50+,51+,52+,53-,56-,57-,58-,59-,60+,61-,62-,63+,64+,65+,66+,67+,68-,69-,70-,71-,72-,73-,74+,75+,77-,78+,79-,80+,81-,82-,83+,86-,87-,88+,89+,90+/m0/s1. The normalized spacial score (nSPS) is 47.8. The number of ether oxygens (including phenoxy) is 17. The molecule has 7 heterocycles. The minimum atomic E-state index is -2.27. The van der Waals surface area contributed by atoms with Crippen LogP contribution < -0.4 is 0 Å². The molecule has 11 fully saturated rings. The van der Waals surface area contributed by atoms with E-state index in [4.69, 9.17) is 80.5 Å². The first-order valence-corrected chi connectivity index (χ1v) is 46.8. The molecule has 12 aliphatic rings. The highest BCUT2D eigenvalue weighted by atomic mass is 16.8. The zero-order valence-electron chi connectivity index (χ0n) is 77.6. The van der Waals surface area contributed by atoms with E-state index in [0.717, 1.165) is 18.8 Å². The van der Waals surface area contributed by atoms with Crippen LogP contribution in [0.1, 0.15) is 193 Å². The topological polar surface area (TPSA) is 664 Å². The molecule has 0 radical (unpaired) electrons. The summed E-state index contributed by atoms with van der Waals surface area (Å²) >= 11 is 0. The Hall–Kier alpha value is -4.52. The number of carboxylic acid groups (broad SMARTS) is 1. The van der Waals surface area contributed by atoms with Crippen LogP contribution in [0, 0.1) is 62.1 Å². The van der Waals surface area contributed by atoms with E-state index in [9.17, 15) is 126 Å². The maximum Gasteiger partial charge on any atom is 0.335 e. The van der Waals surface area contributed by atoms with Gasteiger partial charge in [0.2, 0.25) is 6.29 Å². The molecule has 133 heavy (non-hydrogen) atoms. The van der Waals surface area contributed by atoms with Crippen LogP contribution in [0.15, 0.2) is 11.6 Å². The summed E-state index contributed by atoms with van der Waals surface area (Å²) in [6.45, 7) is 22.3.